The highest BCUT2D eigenvalue weighted by Crippen LogP contribution is 2.26. The zero-order valence-electron chi connectivity index (χ0n) is 13.7. The van der Waals surface area contributed by atoms with Crippen LogP contribution in [0.25, 0.3) is 0 Å². The van der Waals surface area contributed by atoms with Crippen molar-refractivity contribution in [2.75, 3.05) is 6.54 Å². The van der Waals surface area contributed by atoms with Gasteiger partial charge >= 0.3 is 0 Å². The molecule has 2 aromatic heterocycles. The zero-order valence-corrected chi connectivity index (χ0v) is 14.5. The number of hydrogen-bond donors (Lipinski definition) is 0. The number of hydrogen-bond acceptors (Lipinski definition) is 5. The first-order chi connectivity index (χ1) is 11.2. The van der Waals surface area contributed by atoms with E-state index in [0.29, 0.717) is 6.04 Å². The van der Waals surface area contributed by atoms with Crippen LogP contribution in [-0.2, 0) is 12.8 Å². The van der Waals surface area contributed by atoms with E-state index in [-0.39, 0.29) is 5.91 Å². The summed E-state index contributed by atoms with van der Waals surface area (Å²) >= 11 is 1.23. The second kappa shape index (κ2) is 7.17. The van der Waals surface area contributed by atoms with Crippen LogP contribution in [0.1, 0.15) is 52.8 Å². The molecule has 0 bridgehead atoms. The third-order valence-electron chi connectivity index (χ3n) is 4.45. The van der Waals surface area contributed by atoms with Gasteiger partial charge in [0.25, 0.3) is 5.91 Å². The molecule has 1 aliphatic rings. The fraction of sp³-hybridized carbons (Fsp3) is 0.529. The molecular formula is C17H22N4OS. The number of aromatic nitrogens is 3. The molecule has 5 nitrogen and oxygen atoms in total. The maximum absolute atomic E-state index is 12.8. The maximum atomic E-state index is 12.8. The number of pyridine rings is 1. The summed E-state index contributed by atoms with van der Waals surface area (Å²) < 4.78 is 3.95. The Balaban J connectivity index is 1.67. The summed E-state index contributed by atoms with van der Waals surface area (Å²) in [4.78, 5) is 19.8. The van der Waals surface area contributed by atoms with E-state index in [9.17, 15) is 4.79 Å². The van der Waals surface area contributed by atoms with Gasteiger partial charge in [-0.15, -0.1) is 5.10 Å². The lowest BCUT2D eigenvalue weighted by atomic mass is 10.0. The molecule has 0 saturated carbocycles. The number of carbonyl (C=O) groups is 1. The topological polar surface area (TPSA) is 59.0 Å². The molecule has 1 aliphatic heterocycles. The predicted octanol–water partition coefficient (Wildman–Crippen LogP) is 3.04. The lowest BCUT2D eigenvalue weighted by Crippen LogP contribution is -2.35. The van der Waals surface area contributed by atoms with E-state index in [1.165, 1.54) is 17.1 Å². The van der Waals surface area contributed by atoms with E-state index in [4.69, 9.17) is 0 Å². The molecule has 1 unspecified atom stereocenters. The van der Waals surface area contributed by atoms with Crippen LogP contribution in [0.3, 0.4) is 0 Å². The van der Waals surface area contributed by atoms with Crippen LogP contribution in [-0.4, -0.2) is 38.0 Å². The lowest BCUT2D eigenvalue weighted by Gasteiger charge is -2.24. The Morgan fingerprint density at radius 2 is 2.35 bits per heavy atom. The quantitative estimate of drug-likeness (QED) is 0.845. The minimum Gasteiger partial charge on any atom is -0.335 e. The summed E-state index contributed by atoms with van der Waals surface area (Å²) in [6, 6.07) is 4.52. The molecule has 6 heteroatoms. The van der Waals surface area contributed by atoms with Crippen LogP contribution in [0.4, 0.5) is 0 Å². The number of rotatable bonds is 5. The fourth-order valence-corrected chi connectivity index (χ4v) is 3.94. The Morgan fingerprint density at radius 1 is 1.48 bits per heavy atom. The van der Waals surface area contributed by atoms with Crippen LogP contribution in [0.5, 0.6) is 0 Å². The van der Waals surface area contributed by atoms with Crippen molar-refractivity contribution in [3.8, 4) is 0 Å². The first kappa shape index (κ1) is 16.1. The standard InChI is InChI=1S/C17H22N4OS/c1-3-15-16(23-20-19-15)17(22)21-10-4-5-14(21)7-6-13-8-9-18-12(2)11-13/h8-9,11,14H,3-7,10H2,1-2H3. The molecule has 122 valence electrons. The molecule has 3 rings (SSSR count). The summed E-state index contributed by atoms with van der Waals surface area (Å²) in [5.74, 6) is 0.116. The van der Waals surface area contributed by atoms with E-state index in [1.54, 1.807) is 0 Å². The Morgan fingerprint density at radius 3 is 3.13 bits per heavy atom. The van der Waals surface area contributed by atoms with Crippen LogP contribution in [0.2, 0.25) is 0 Å². The minimum absolute atomic E-state index is 0.116. The molecule has 23 heavy (non-hydrogen) atoms. The van der Waals surface area contributed by atoms with Gasteiger partial charge in [-0.3, -0.25) is 9.78 Å². The molecule has 1 fully saturated rings. The zero-order chi connectivity index (χ0) is 16.2. The summed E-state index contributed by atoms with van der Waals surface area (Å²) in [5.41, 5.74) is 3.17. The van der Waals surface area contributed by atoms with Gasteiger partial charge < -0.3 is 4.90 Å². The summed E-state index contributed by atoms with van der Waals surface area (Å²) in [6.07, 6.45) is 6.77. The normalized spacial score (nSPS) is 17.7. The van der Waals surface area contributed by atoms with Crippen molar-refractivity contribution in [1.29, 1.82) is 0 Å². The molecule has 0 N–H and O–H groups in total. The van der Waals surface area contributed by atoms with E-state index in [1.807, 2.05) is 24.9 Å². The summed E-state index contributed by atoms with van der Waals surface area (Å²) in [7, 11) is 0. The van der Waals surface area contributed by atoms with Crippen molar-refractivity contribution in [1.82, 2.24) is 19.5 Å². The van der Waals surface area contributed by atoms with Gasteiger partial charge in [-0.25, -0.2) is 0 Å². The predicted molar refractivity (Wildman–Crippen MR) is 90.6 cm³/mol. The van der Waals surface area contributed by atoms with Gasteiger partial charge in [0.15, 0.2) is 0 Å². The molecule has 0 aromatic carbocycles. The number of amides is 1. The maximum Gasteiger partial charge on any atom is 0.267 e. The Hall–Kier alpha value is -1.82. The van der Waals surface area contributed by atoms with Crippen molar-refractivity contribution >= 4 is 17.4 Å². The van der Waals surface area contributed by atoms with E-state index < -0.39 is 0 Å². The Labute approximate surface area is 140 Å². The van der Waals surface area contributed by atoms with E-state index in [0.717, 1.165) is 54.9 Å². The summed E-state index contributed by atoms with van der Waals surface area (Å²) in [5, 5.41) is 4.07. The number of nitrogens with zero attached hydrogens (tertiary/aromatic N) is 4. The molecule has 2 aromatic rings. The van der Waals surface area contributed by atoms with Gasteiger partial charge in [0, 0.05) is 24.5 Å². The number of carbonyl (C=O) groups excluding carboxylic acids is 1. The van der Waals surface area contributed by atoms with Crippen molar-refractivity contribution in [3.63, 3.8) is 0 Å². The number of aryl methyl sites for hydroxylation is 3. The molecule has 3 heterocycles. The third-order valence-corrected chi connectivity index (χ3v) is 5.21. The Kier molecular flexibility index (Phi) is 5.00. The second-order valence-corrected chi connectivity index (χ2v) is 6.80. The molecule has 0 aliphatic carbocycles. The monoisotopic (exact) mass is 330 g/mol. The van der Waals surface area contributed by atoms with Crippen LogP contribution in [0, 0.1) is 6.92 Å². The second-order valence-electron chi connectivity index (χ2n) is 6.04. The van der Waals surface area contributed by atoms with E-state index >= 15 is 0 Å². The average molecular weight is 330 g/mol. The number of likely N-dealkylation sites (tertiary alicyclic amines) is 1. The first-order valence-electron chi connectivity index (χ1n) is 8.22. The van der Waals surface area contributed by atoms with Gasteiger partial charge in [-0.05, 0) is 68.3 Å². The summed E-state index contributed by atoms with van der Waals surface area (Å²) in [6.45, 7) is 4.87. The van der Waals surface area contributed by atoms with Crippen LogP contribution < -0.4 is 0 Å². The highest BCUT2D eigenvalue weighted by atomic mass is 32.1. The molecule has 1 amide bonds. The van der Waals surface area contributed by atoms with Crippen LogP contribution >= 0.6 is 11.5 Å². The van der Waals surface area contributed by atoms with Crippen molar-refractivity contribution in [3.05, 3.63) is 40.2 Å². The Bertz CT molecular complexity index is 685. The van der Waals surface area contributed by atoms with E-state index in [2.05, 4.69) is 26.7 Å². The smallest absolute Gasteiger partial charge is 0.267 e. The van der Waals surface area contributed by atoms with Gasteiger partial charge in [0.2, 0.25) is 0 Å². The minimum atomic E-state index is 0.116. The van der Waals surface area contributed by atoms with Crippen LogP contribution in [0.15, 0.2) is 18.3 Å². The third kappa shape index (κ3) is 3.58. The molecule has 0 radical (unpaired) electrons. The SMILES string of the molecule is CCc1nnsc1C(=O)N1CCCC1CCc1ccnc(C)c1. The molecule has 0 spiro atoms. The molecule has 1 atom stereocenters. The van der Waals surface area contributed by atoms with Gasteiger partial charge in [-0.1, -0.05) is 11.4 Å². The molecular weight excluding hydrogens is 308 g/mol. The highest BCUT2D eigenvalue weighted by Gasteiger charge is 2.31. The van der Waals surface area contributed by atoms with Crippen molar-refractivity contribution in [2.45, 2.75) is 52.0 Å². The van der Waals surface area contributed by atoms with Gasteiger partial charge in [0.05, 0.1) is 5.69 Å². The largest absolute Gasteiger partial charge is 0.335 e. The van der Waals surface area contributed by atoms with Crippen molar-refractivity contribution < 1.29 is 4.79 Å². The lowest BCUT2D eigenvalue weighted by molar-refractivity contribution is 0.0734. The fourth-order valence-electron chi connectivity index (χ4n) is 3.23. The van der Waals surface area contributed by atoms with Gasteiger partial charge in [0.1, 0.15) is 4.88 Å². The average Bonchev–Trinajstić information content (AvgIpc) is 3.21. The first-order valence-corrected chi connectivity index (χ1v) is 9.00. The van der Waals surface area contributed by atoms with Crippen molar-refractivity contribution in [2.24, 2.45) is 0 Å². The highest BCUT2D eigenvalue weighted by molar-refractivity contribution is 7.08. The van der Waals surface area contributed by atoms with Gasteiger partial charge in [-0.2, -0.15) is 0 Å². The molecule has 1 saturated heterocycles.